The van der Waals surface area contributed by atoms with Crippen molar-refractivity contribution in [2.75, 3.05) is 54.9 Å². The molecule has 0 saturated carbocycles. The highest BCUT2D eigenvalue weighted by molar-refractivity contribution is 6.07. The Balaban J connectivity index is 1.61. The van der Waals surface area contributed by atoms with Gasteiger partial charge in [-0.15, -0.1) is 0 Å². The average molecular weight is 622 g/mol. The molecular weight excluding hydrogens is 589 g/mol. The van der Waals surface area contributed by atoms with Crippen LogP contribution in [0, 0.1) is 11.6 Å². The molecule has 3 atom stereocenters. The van der Waals surface area contributed by atoms with Crippen LogP contribution in [0.25, 0.3) is 11.3 Å². The van der Waals surface area contributed by atoms with Gasteiger partial charge in [-0.1, -0.05) is 0 Å². The lowest BCUT2D eigenvalue weighted by Crippen LogP contribution is -2.50. The summed E-state index contributed by atoms with van der Waals surface area (Å²) in [5.74, 6) is -3.32. The van der Waals surface area contributed by atoms with E-state index in [1.54, 1.807) is 4.90 Å². The molecular formula is C29H32F5N7O3. The van der Waals surface area contributed by atoms with Gasteiger partial charge in [0.15, 0.2) is 5.82 Å². The Bertz CT molecular complexity index is 1610. The fraction of sp³-hybridized carbons (Fsp3) is 0.448. The molecule has 4 heterocycles. The Morgan fingerprint density at radius 1 is 1.07 bits per heavy atom. The lowest BCUT2D eigenvalue weighted by molar-refractivity contribution is -0.138. The Morgan fingerprint density at radius 3 is 2.43 bits per heavy atom. The number of pyridine rings is 1. The maximum absolute atomic E-state index is 16.5. The first-order valence-corrected chi connectivity index (χ1v) is 14.0. The number of H-pyrrole nitrogens is 1. The molecule has 0 radical (unpaired) electrons. The number of likely N-dealkylation sites (N-methyl/N-ethyl adjacent to an activating group) is 1. The van der Waals surface area contributed by atoms with E-state index in [0.717, 1.165) is 6.07 Å². The second-order valence-electron chi connectivity index (χ2n) is 11.2. The Labute approximate surface area is 249 Å². The number of ether oxygens (including phenoxy) is 1. The summed E-state index contributed by atoms with van der Waals surface area (Å²) in [6, 6.07) is 2.58. The van der Waals surface area contributed by atoms with Crippen molar-refractivity contribution in [3.05, 3.63) is 63.7 Å². The second-order valence-corrected chi connectivity index (χ2v) is 11.2. The number of hydrogen-bond acceptors (Lipinski definition) is 8. The number of nitrogens with one attached hydrogen (secondary N) is 2. The third-order valence-corrected chi connectivity index (χ3v) is 7.81. The summed E-state index contributed by atoms with van der Waals surface area (Å²) in [4.78, 5) is 41.2. The van der Waals surface area contributed by atoms with Crippen LogP contribution in [0.15, 0.2) is 35.4 Å². The lowest BCUT2D eigenvalue weighted by Gasteiger charge is -2.39. The SMILES string of the molecule is C[C@@H]1CN(c2nccc(-c3c(F)cc(N4CCN(C)[C@@H](C)C4)c(NC(=O)c4c[nH]c(=O)cc4C(F)(F)F)c3F)n2)C[C@H](C)O1. The van der Waals surface area contributed by atoms with Crippen LogP contribution in [0.5, 0.6) is 0 Å². The average Bonchev–Trinajstić information content (AvgIpc) is 2.95. The molecule has 2 aliphatic heterocycles. The van der Waals surface area contributed by atoms with Crippen LogP contribution in [0.3, 0.4) is 0 Å². The molecule has 0 aliphatic carbocycles. The number of carbonyl (C=O) groups excluding carboxylic acids is 1. The second kappa shape index (κ2) is 12.1. The van der Waals surface area contributed by atoms with Gasteiger partial charge in [0.25, 0.3) is 5.91 Å². The van der Waals surface area contributed by atoms with E-state index in [1.807, 2.05) is 37.6 Å². The predicted molar refractivity (Wildman–Crippen MR) is 154 cm³/mol. The summed E-state index contributed by atoms with van der Waals surface area (Å²) in [6.45, 7) is 7.76. The normalized spacial score (nSPS) is 21.4. The van der Waals surface area contributed by atoms with Crippen LogP contribution in [0.2, 0.25) is 0 Å². The zero-order valence-corrected chi connectivity index (χ0v) is 24.5. The van der Waals surface area contributed by atoms with Gasteiger partial charge in [-0.3, -0.25) is 9.59 Å². The van der Waals surface area contributed by atoms with Gasteiger partial charge in [0, 0.05) is 63.3 Å². The molecule has 0 bridgehead atoms. The van der Waals surface area contributed by atoms with Gasteiger partial charge in [-0.25, -0.2) is 18.7 Å². The molecule has 2 aromatic heterocycles. The number of alkyl halides is 3. The number of aromatic nitrogens is 3. The van der Waals surface area contributed by atoms with Gasteiger partial charge >= 0.3 is 6.18 Å². The lowest BCUT2D eigenvalue weighted by atomic mass is 10.0. The molecule has 44 heavy (non-hydrogen) atoms. The molecule has 2 aliphatic rings. The van der Waals surface area contributed by atoms with Gasteiger partial charge in [0.1, 0.15) is 11.5 Å². The number of amides is 1. The van der Waals surface area contributed by atoms with E-state index in [2.05, 4.69) is 20.3 Å². The molecule has 2 N–H and O–H groups in total. The molecule has 15 heteroatoms. The van der Waals surface area contributed by atoms with E-state index in [0.29, 0.717) is 38.9 Å². The Morgan fingerprint density at radius 2 is 1.77 bits per heavy atom. The van der Waals surface area contributed by atoms with Crippen molar-refractivity contribution in [3.63, 3.8) is 0 Å². The first-order valence-electron chi connectivity index (χ1n) is 14.0. The number of anilines is 3. The zero-order valence-electron chi connectivity index (χ0n) is 24.5. The first kappa shape index (κ1) is 31.3. The number of rotatable bonds is 5. The summed E-state index contributed by atoms with van der Waals surface area (Å²) in [7, 11) is 1.90. The first-order chi connectivity index (χ1) is 20.7. The van der Waals surface area contributed by atoms with E-state index >= 15 is 8.78 Å². The zero-order chi connectivity index (χ0) is 31.9. The third-order valence-electron chi connectivity index (χ3n) is 7.81. The molecule has 10 nitrogen and oxygen atoms in total. The third kappa shape index (κ3) is 6.38. The molecule has 0 unspecified atom stereocenters. The van der Waals surface area contributed by atoms with E-state index in [1.165, 1.54) is 12.3 Å². The fourth-order valence-electron chi connectivity index (χ4n) is 5.53. The number of nitrogens with zero attached hydrogens (tertiary/aromatic N) is 5. The molecule has 3 aromatic rings. The van der Waals surface area contributed by atoms with E-state index in [-0.39, 0.29) is 41.6 Å². The number of aromatic amines is 1. The van der Waals surface area contributed by atoms with Gasteiger partial charge in [-0.2, -0.15) is 13.2 Å². The summed E-state index contributed by atoms with van der Waals surface area (Å²) in [5.41, 5.74) is -4.76. The number of benzene rings is 1. The Kier molecular flexibility index (Phi) is 8.62. The molecule has 0 spiro atoms. The number of hydrogen-bond donors (Lipinski definition) is 2. The topological polar surface area (TPSA) is 107 Å². The molecule has 1 aromatic carbocycles. The summed E-state index contributed by atoms with van der Waals surface area (Å²) in [6.07, 6.45) is -3.36. The monoisotopic (exact) mass is 621 g/mol. The van der Waals surface area contributed by atoms with Crippen molar-refractivity contribution < 1.29 is 31.5 Å². The van der Waals surface area contributed by atoms with Crippen LogP contribution in [0.4, 0.5) is 39.3 Å². The highest BCUT2D eigenvalue weighted by Crippen LogP contribution is 2.39. The van der Waals surface area contributed by atoms with Crippen molar-refractivity contribution in [1.29, 1.82) is 0 Å². The minimum Gasteiger partial charge on any atom is -0.372 e. The van der Waals surface area contributed by atoms with Crippen molar-refractivity contribution in [3.8, 4) is 11.3 Å². The summed E-state index contributed by atoms with van der Waals surface area (Å²) >= 11 is 0. The van der Waals surface area contributed by atoms with E-state index < -0.39 is 51.7 Å². The smallest absolute Gasteiger partial charge is 0.372 e. The van der Waals surface area contributed by atoms with Crippen molar-refractivity contribution in [2.24, 2.45) is 0 Å². The number of morpholine rings is 1. The quantitative estimate of drug-likeness (QED) is 0.410. The van der Waals surface area contributed by atoms with Gasteiger partial charge in [-0.05, 0) is 33.9 Å². The Hall–Kier alpha value is -4.11. The van der Waals surface area contributed by atoms with Crippen molar-refractivity contribution in [2.45, 2.75) is 45.2 Å². The van der Waals surface area contributed by atoms with Crippen LogP contribution in [0.1, 0.15) is 36.7 Å². The van der Waals surface area contributed by atoms with Crippen LogP contribution in [-0.2, 0) is 10.9 Å². The standard InChI is InChI=1S/C29H32F5N7O3/c1-15-12-40(8-7-39(15)4)22-10-20(30)24(21-5-6-35-28(37-21)41-13-16(2)44-17(3)14-41)25(31)26(22)38-27(43)18-11-36-23(42)9-19(18)29(32,33)34/h5-6,9-11,15-17H,7-8,12-14H2,1-4H3,(H,36,42)(H,38,43)/t15-,16-,17+/m0/s1. The van der Waals surface area contributed by atoms with Gasteiger partial charge < -0.3 is 29.7 Å². The highest BCUT2D eigenvalue weighted by Gasteiger charge is 2.37. The predicted octanol–water partition coefficient (Wildman–Crippen LogP) is 4.14. The van der Waals surface area contributed by atoms with Crippen LogP contribution in [-0.4, -0.2) is 83.8 Å². The maximum Gasteiger partial charge on any atom is 0.417 e. The van der Waals surface area contributed by atoms with E-state index in [9.17, 15) is 22.8 Å². The minimum absolute atomic E-state index is 0.0307. The minimum atomic E-state index is -5.05. The van der Waals surface area contributed by atoms with Gasteiger partial charge in [0.2, 0.25) is 11.5 Å². The maximum atomic E-state index is 16.5. The number of halogens is 5. The summed E-state index contributed by atoms with van der Waals surface area (Å²) in [5, 5.41) is 2.25. The number of piperazine rings is 1. The molecule has 2 saturated heterocycles. The van der Waals surface area contributed by atoms with Crippen LogP contribution < -0.4 is 20.7 Å². The molecule has 5 rings (SSSR count). The largest absolute Gasteiger partial charge is 0.417 e. The number of carbonyl (C=O) groups is 1. The van der Waals surface area contributed by atoms with Gasteiger partial charge in [0.05, 0.1) is 40.3 Å². The highest BCUT2D eigenvalue weighted by atomic mass is 19.4. The van der Waals surface area contributed by atoms with Crippen molar-refractivity contribution in [1.82, 2.24) is 19.9 Å². The van der Waals surface area contributed by atoms with Crippen molar-refractivity contribution >= 4 is 23.2 Å². The summed E-state index contributed by atoms with van der Waals surface area (Å²) < 4.78 is 79.3. The molecule has 2 fully saturated rings. The fourth-order valence-corrected chi connectivity index (χ4v) is 5.53. The molecule has 1 amide bonds. The van der Waals surface area contributed by atoms with Crippen LogP contribution >= 0.6 is 0 Å². The van der Waals surface area contributed by atoms with E-state index in [4.69, 9.17) is 4.74 Å². The molecule has 236 valence electrons.